The Hall–Kier alpha value is -0.150. The summed E-state index contributed by atoms with van der Waals surface area (Å²) in [6.07, 6.45) is 26.9. The van der Waals surface area contributed by atoms with Gasteiger partial charge in [-0.15, -0.1) is 0 Å². The molecule has 2 unspecified atom stereocenters. The Morgan fingerprint density at radius 1 is 0.719 bits per heavy atom. The molecule has 0 aromatic rings. The fourth-order valence-corrected chi connectivity index (χ4v) is 6.25. The SMILES string of the molecule is CCCCCCCCC=CCCCCCCCCCCOP(=O)(O)C(CCC)[N+](C)(C)C. The van der Waals surface area contributed by atoms with E-state index in [1.54, 1.807) is 0 Å². The van der Waals surface area contributed by atoms with Crippen LogP contribution in [0.3, 0.4) is 0 Å². The quantitative estimate of drug-likeness (QED) is 0.0696. The van der Waals surface area contributed by atoms with Crippen molar-refractivity contribution in [1.82, 2.24) is 0 Å². The molecule has 0 spiro atoms. The first-order valence-electron chi connectivity index (χ1n) is 13.7. The molecule has 1 N–H and O–H groups in total. The van der Waals surface area contributed by atoms with Crippen LogP contribution in [0.15, 0.2) is 12.2 Å². The molecular formula is C27H57NO3P+. The van der Waals surface area contributed by atoms with Gasteiger partial charge in [-0.2, -0.15) is 0 Å². The van der Waals surface area contributed by atoms with Crippen molar-refractivity contribution in [2.75, 3.05) is 27.7 Å². The van der Waals surface area contributed by atoms with Crippen LogP contribution >= 0.6 is 7.60 Å². The predicted octanol–water partition coefficient (Wildman–Crippen LogP) is 8.84. The monoisotopic (exact) mass is 474 g/mol. The lowest BCUT2D eigenvalue weighted by Gasteiger charge is -2.35. The Bertz CT molecular complexity index is 488. The summed E-state index contributed by atoms with van der Waals surface area (Å²) in [5.74, 6) is -0.335. The van der Waals surface area contributed by atoms with Gasteiger partial charge in [0.05, 0.1) is 27.7 Å². The van der Waals surface area contributed by atoms with E-state index in [2.05, 4.69) is 26.0 Å². The summed E-state index contributed by atoms with van der Waals surface area (Å²) in [6.45, 7) is 4.73. The van der Waals surface area contributed by atoms with Crippen LogP contribution in [0.4, 0.5) is 0 Å². The second-order valence-corrected chi connectivity index (χ2v) is 12.4. The highest BCUT2D eigenvalue weighted by molar-refractivity contribution is 7.53. The molecule has 0 saturated carbocycles. The third-order valence-electron chi connectivity index (χ3n) is 6.25. The number of hydrogen-bond acceptors (Lipinski definition) is 2. The molecule has 0 aromatic carbocycles. The van der Waals surface area contributed by atoms with Crippen LogP contribution in [0.2, 0.25) is 0 Å². The zero-order chi connectivity index (χ0) is 24.1. The minimum Gasteiger partial charge on any atom is -0.320 e. The molecule has 0 bridgehead atoms. The second-order valence-electron chi connectivity index (χ2n) is 10.4. The largest absolute Gasteiger partial charge is 0.385 e. The number of allylic oxidation sites excluding steroid dienone is 2. The maximum Gasteiger partial charge on any atom is 0.385 e. The highest BCUT2D eigenvalue weighted by atomic mass is 31.2. The zero-order valence-electron chi connectivity index (χ0n) is 22.3. The Morgan fingerprint density at radius 2 is 1.16 bits per heavy atom. The van der Waals surface area contributed by atoms with Gasteiger partial charge in [0.15, 0.2) is 5.78 Å². The summed E-state index contributed by atoms with van der Waals surface area (Å²) in [7, 11) is 2.35. The van der Waals surface area contributed by atoms with E-state index >= 15 is 0 Å². The minimum atomic E-state index is -3.57. The summed E-state index contributed by atoms with van der Waals surface area (Å²) in [6, 6.07) is 0. The summed E-state index contributed by atoms with van der Waals surface area (Å²) in [5.41, 5.74) is 0. The number of quaternary nitrogens is 1. The minimum absolute atomic E-state index is 0.335. The maximum atomic E-state index is 12.6. The van der Waals surface area contributed by atoms with Crippen molar-refractivity contribution in [2.24, 2.45) is 0 Å². The number of nitrogens with zero attached hydrogens (tertiary/aromatic N) is 1. The molecule has 0 aromatic heterocycles. The predicted molar refractivity (Wildman–Crippen MR) is 141 cm³/mol. The van der Waals surface area contributed by atoms with Crippen LogP contribution in [-0.2, 0) is 9.09 Å². The number of rotatable bonds is 23. The van der Waals surface area contributed by atoms with Gasteiger partial charge in [-0.05, 0) is 38.5 Å². The van der Waals surface area contributed by atoms with Crippen LogP contribution in [0.5, 0.6) is 0 Å². The van der Waals surface area contributed by atoms with E-state index < -0.39 is 7.60 Å². The van der Waals surface area contributed by atoms with E-state index in [9.17, 15) is 9.46 Å². The average Bonchev–Trinajstić information content (AvgIpc) is 2.72. The molecule has 0 amide bonds. The topological polar surface area (TPSA) is 46.5 Å². The first kappa shape index (κ1) is 31.9. The Labute approximate surface area is 201 Å². The summed E-state index contributed by atoms with van der Waals surface area (Å²) < 4.78 is 18.6. The molecular weight excluding hydrogens is 417 g/mol. The van der Waals surface area contributed by atoms with Gasteiger partial charge in [0.25, 0.3) is 0 Å². The van der Waals surface area contributed by atoms with Crippen molar-refractivity contribution in [2.45, 2.75) is 135 Å². The van der Waals surface area contributed by atoms with E-state index in [-0.39, 0.29) is 5.78 Å². The first-order chi connectivity index (χ1) is 15.3. The van der Waals surface area contributed by atoms with Crippen LogP contribution < -0.4 is 0 Å². The molecule has 0 heterocycles. The molecule has 0 rings (SSSR count). The van der Waals surface area contributed by atoms with Gasteiger partial charge in [-0.25, -0.2) is 0 Å². The molecule has 32 heavy (non-hydrogen) atoms. The van der Waals surface area contributed by atoms with Gasteiger partial charge in [-0.3, -0.25) is 4.57 Å². The van der Waals surface area contributed by atoms with Gasteiger partial charge >= 0.3 is 7.60 Å². The maximum absolute atomic E-state index is 12.6. The Morgan fingerprint density at radius 3 is 1.59 bits per heavy atom. The van der Waals surface area contributed by atoms with Crippen LogP contribution in [0.1, 0.15) is 129 Å². The van der Waals surface area contributed by atoms with Gasteiger partial charge in [0.1, 0.15) is 0 Å². The van der Waals surface area contributed by atoms with E-state index in [1.165, 1.54) is 89.9 Å². The van der Waals surface area contributed by atoms with Crippen molar-refractivity contribution in [3.8, 4) is 0 Å². The fourth-order valence-electron chi connectivity index (χ4n) is 4.23. The lowest BCUT2D eigenvalue weighted by Crippen LogP contribution is -2.45. The number of hydrogen-bond donors (Lipinski definition) is 1. The first-order valence-corrected chi connectivity index (χ1v) is 15.3. The van der Waals surface area contributed by atoms with Gasteiger partial charge < -0.3 is 13.9 Å². The zero-order valence-corrected chi connectivity index (χ0v) is 23.2. The van der Waals surface area contributed by atoms with E-state index in [0.717, 1.165) is 19.3 Å². The number of unbranched alkanes of at least 4 members (excludes halogenated alkanes) is 14. The van der Waals surface area contributed by atoms with Crippen molar-refractivity contribution in [1.29, 1.82) is 0 Å². The third kappa shape index (κ3) is 18.3. The van der Waals surface area contributed by atoms with E-state index in [1.807, 2.05) is 21.1 Å². The standard InChI is InChI=1S/C27H56NO3P/c1-6-8-9-10-11-12-13-14-15-16-17-18-19-20-21-22-23-24-26-31-32(29,30)27(25-7-2)28(3,4)5/h14-15,27H,6-13,16-26H2,1-5H3/p+1. The molecule has 0 aliphatic rings. The van der Waals surface area contributed by atoms with Crippen molar-refractivity contribution < 1.29 is 18.5 Å². The van der Waals surface area contributed by atoms with Crippen molar-refractivity contribution in [3.63, 3.8) is 0 Å². The van der Waals surface area contributed by atoms with E-state index in [4.69, 9.17) is 4.52 Å². The van der Waals surface area contributed by atoms with Gasteiger partial charge in [-0.1, -0.05) is 96.6 Å². The van der Waals surface area contributed by atoms with Gasteiger partial charge in [0.2, 0.25) is 0 Å². The fraction of sp³-hybridized carbons (Fsp3) is 0.926. The highest BCUT2D eigenvalue weighted by Gasteiger charge is 2.41. The molecule has 0 fully saturated rings. The molecule has 2 atom stereocenters. The molecule has 192 valence electrons. The average molecular weight is 475 g/mol. The molecule has 4 nitrogen and oxygen atoms in total. The Balaban J connectivity index is 3.54. The van der Waals surface area contributed by atoms with Crippen LogP contribution in [0.25, 0.3) is 0 Å². The Kier molecular flexibility index (Phi) is 20.1. The van der Waals surface area contributed by atoms with Crippen LogP contribution in [0, 0.1) is 0 Å². The lowest BCUT2D eigenvalue weighted by molar-refractivity contribution is -0.883. The van der Waals surface area contributed by atoms with Crippen LogP contribution in [-0.4, -0.2) is 42.9 Å². The lowest BCUT2D eigenvalue weighted by atomic mass is 10.1. The van der Waals surface area contributed by atoms with E-state index in [0.29, 0.717) is 17.5 Å². The molecule has 0 saturated heterocycles. The molecule has 0 aliphatic carbocycles. The second kappa shape index (κ2) is 20.2. The normalized spacial score (nSPS) is 15.3. The molecule has 0 radical (unpaired) electrons. The summed E-state index contributed by atoms with van der Waals surface area (Å²) >= 11 is 0. The highest BCUT2D eigenvalue weighted by Crippen LogP contribution is 2.51. The van der Waals surface area contributed by atoms with Crippen molar-refractivity contribution in [3.05, 3.63) is 12.2 Å². The molecule has 0 aliphatic heterocycles. The smallest absolute Gasteiger partial charge is 0.320 e. The van der Waals surface area contributed by atoms with Gasteiger partial charge in [0, 0.05) is 6.42 Å². The summed E-state index contributed by atoms with van der Waals surface area (Å²) in [4.78, 5) is 10.4. The molecule has 5 heteroatoms. The summed E-state index contributed by atoms with van der Waals surface area (Å²) in [5, 5.41) is 0. The van der Waals surface area contributed by atoms with Crippen molar-refractivity contribution >= 4 is 7.60 Å². The third-order valence-corrected chi connectivity index (χ3v) is 8.51.